The smallest absolute Gasteiger partial charge is 0.397 e. The van der Waals surface area contributed by atoms with E-state index < -0.39 is 0 Å². The Morgan fingerprint density at radius 3 is 0.381 bits per heavy atom. The van der Waals surface area contributed by atoms with Crippen molar-refractivity contribution in [2.45, 2.75) is 41.5 Å². The normalized spacial score (nSPS) is 5.14. The van der Waals surface area contributed by atoms with Gasteiger partial charge in [0.25, 0.3) is 0 Å². The Morgan fingerprint density at radius 2 is 0.381 bits per heavy atom. The Hall–Kier alpha value is 2.47. The Balaban J connectivity index is -0.0000000114. The fourth-order valence-electron chi connectivity index (χ4n) is 0. The van der Waals surface area contributed by atoms with Gasteiger partial charge in [0.2, 0.25) is 0 Å². The summed E-state index contributed by atoms with van der Waals surface area (Å²) in [5.74, 6) is 0. The van der Waals surface area contributed by atoms with Crippen LogP contribution < -0.4 is 59.1 Å². The van der Waals surface area contributed by atoms with Gasteiger partial charge in [-0.25, -0.2) is 0 Å². The molecule has 0 aliphatic carbocycles. The second kappa shape index (κ2) is 144. The molecule has 0 amide bonds. The van der Waals surface area contributed by atoms with Gasteiger partial charge in [0.15, 0.2) is 0 Å². The number of rotatable bonds is 0. The SMILES string of the molecule is CCO.CCO.CCO.CCO.CCO.CCO.[Na+].[Na+].[Ti]. The van der Waals surface area contributed by atoms with Crippen molar-refractivity contribution in [3.8, 4) is 0 Å². The van der Waals surface area contributed by atoms with Crippen molar-refractivity contribution < 1.29 is 111 Å². The Bertz CT molecular complexity index is 47.2. The molecule has 0 bridgehead atoms. The topological polar surface area (TPSA) is 121 Å². The zero-order valence-electron chi connectivity index (χ0n) is 15.4. The third-order valence-electron chi connectivity index (χ3n) is 0. The van der Waals surface area contributed by atoms with E-state index in [0.29, 0.717) is 0 Å². The minimum absolute atomic E-state index is 0. The van der Waals surface area contributed by atoms with Gasteiger partial charge in [0.05, 0.1) is 0 Å². The van der Waals surface area contributed by atoms with Gasteiger partial charge in [0, 0.05) is 61.4 Å². The van der Waals surface area contributed by atoms with Crippen molar-refractivity contribution in [2.24, 2.45) is 0 Å². The van der Waals surface area contributed by atoms with Crippen molar-refractivity contribution in [1.82, 2.24) is 0 Å². The second-order valence-corrected chi connectivity index (χ2v) is 1.90. The molecule has 0 aliphatic rings. The molecule has 21 heavy (non-hydrogen) atoms. The van der Waals surface area contributed by atoms with E-state index in [1.54, 1.807) is 41.5 Å². The molecule has 0 aromatic carbocycles. The number of aliphatic hydroxyl groups is 6. The summed E-state index contributed by atoms with van der Waals surface area (Å²) in [5, 5.41) is 45.4. The molecule has 6 nitrogen and oxygen atoms in total. The first-order valence-corrected chi connectivity index (χ1v) is 6.14. The molecule has 0 aromatic heterocycles. The van der Waals surface area contributed by atoms with Gasteiger partial charge >= 0.3 is 59.1 Å². The number of aliphatic hydroxyl groups excluding tert-OH is 6. The summed E-state index contributed by atoms with van der Waals surface area (Å²) in [5.41, 5.74) is 0. The Labute approximate surface area is 190 Å². The van der Waals surface area contributed by atoms with Crippen LogP contribution in [0, 0.1) is 0 Å². The van der Waals surface area contributed by atoms with Gasteiger partial charge in [0.1, 0.15) is 0 Å². The average Bonchev–Trinajstić information content (AvgIpc) is 2.23. The third-order valence-corrected chi connectivity index (χ3v) is 0. The Morgan fingerprint density at radius 1 is 0.381 bits per heavy atom. The van der Waals surface area contributed by atoms with Crippen molar-refractivity contribution in [1.29, 1.82) is 0 Å². The molecule has 0 fully saturated rings. The van der Waals surface area contributed by atoms with Gasteiger partial charge in [-0.15, -0.1) is 0 Å². The molecule has 0 saturated heterocycles. The van der Waals surface area contributed by atoms with Crippen LogP contribution >= 0.6 is 0 Å². The van der Waals surface area contributed by atoms with Crippen LogP contribution in [0.3, 0.4) is 0 Å². The summed E-state index contributed by atoms with van der Waals surface area (Å²) < 4.78 is 0. The number of hydrogen-bond donors (Lipinski definition) is 6. The molecule has 0 radical (unpaired) electrons. The maximum absolute atomic E-state index is 7.57. The van der Waals surface area contributed by atoms with Crippen LogP contribution in [0.4, 0.5) is 0 Å². The van der Waals surface area contributed by atoms with Crippen LogP contribution in [-0.2, 0) is 21.7 Å². The van der Waals surface area contributed by atoms with Gasteiger partial charge in [-0.2, -0.15) is 0 Å². The monoisotopic (exact) mass is 370 g/mol. The Kier molecular flexibility index (Phi) is 389. The maximum Gasteiger partial charge on any atom is 1.00 e. The predicted octanol–water partition coefficient (Wildman–Crippen LogP) is -6.00. The fraction of sp³-hybridized carbons (Fsp3) is 1.00. The molecule has 0 atom stereocenters. The van der Waals surface area contributed by atoms with E-state index in [9.17, 15) is 0 Å². The molecule has 0 aromatic rings. The molecule has 9 heteroatoms. The zero-order valence-corrected chi connectivity index (χ0v) is 21.0. The quantitative estimate of drug-likeness (QED) is 0.236. The summed E-state index contributed by atoms with van der Waals surface area (Å²) in [7, 11) is 0. The first kappa shape index (κ1) is 56.6. The molecule has 0 aliphatic heterocycles. The van der Waals surface area contributed by atoms with E-state index in [1.807, 2.05) is 0 Å². The number of hydrogen-bond acceptors (Lipinski definition) is 6. The van der Waals surface area contributed by atoms with Crippen LogP contribution in [0.2, 0.25) is 0 Å². The van der Waals surface area contributed by atoms with Crippen molar-refractivity contribution in [3.63, 3.8) is 0 Å². The molecule has 6 N–H and O–H groups in total. The average molecular weight is 370 g/mol. The minimum Gasteiger partial charge on any atom is -0.397 e. The predicted molar refractivity (Wildman–Crippen MR) is 76.6 cm³/mol. The van der Waals surface area contributed by atoms with Crippen molar-refractivity contribution in [3.05, 3.63) is 0 Å². The molecule has 0 rings (SSSR count). The minimum atomic E-state index is 0. The largest absolute Gasteiger partial charge is 1.00 e. The molecule has 0 saturated carbocycles. The van der Waals surface area contributed by atoms with Crippen LogP contribution in [0.5, 0.6) is 0 Å². The summed E-state index contributed by atoms with van der Waals surface area (Å²) >= 11 is 0. The summed E-state index contributed by atoms with van der Waals surface area (Å²) in [6, 6.07) is 0. The van der Waals surface area contributed by atoms with Crippen LogP contribution in [0.1, 0.15) is 41.5 Å². The van der Waals surface area contributed by atoms with E-state index in [1.165, 1.54) is 0 Å². The van der Waals surface area contributed by atoms with Crippen LogP contribution in [0.25, 0.3) is 0 Å². The zero-order chi connectivity index (χ0) is 16.2. The third kappa shape index (κ3) is 1540. The first-order chi connectivity index (χ1) is 8.49. The summed E-state index contributed by atoms with van der Waals surface area (Å²) in [6.07, 6.45) is 0. The van der Waals surface area contributed by atoms with E-state index in [4.69, 9.17) is 30.6 Å². The second-order valence-electron chi connectivity index (χ2n) is 1.90. The summed E-state index contributed by atoms with van der Waals surface area (Å²) in [6.45, 7) is 11.6. The van der Waals surface area contributed by atoms with E-state index in [0.717, 1.165) is 0 Å². The fourth-order valence-corrected chi connectivity index (χ4v) is 0. The standard InChI is InChI=1S/6C2H6O.2Na.Ti/c6*1-2-3;;;/h6*3H,2H2,1H3;;;/q;;;;;;2*+1;. The summed E-state index contributed by atoms with van der Waals surface area (Å²) in [4.78, 5) is 0. The van der Waals surface area contributed by atoms with Crippen LogP contribution in [0.15, 0.2) is 0 Å². The van der Waals surface area contributed by atoms with Crippen molar-refractivity contribution >= 4 is 0 Å². The van der Waals surface area contributed by atoms with Gasteiger partial charge in [-0.3, -0.25) is 0 Å². The van der Waals surface area contributed by atoms with Gasteiger partial charge in [-0.1, -0.05) is 0 Å². The first-order valence-electron chi connectivity index (χ1n) is 6.14. The van der Waals surface area contributed by atoms with Gasteiger partial charge < -0.3 is 30.6 Å². The molecule has 0 heterocycles. The maximum atomic E-state index is 7.57. The molecule has 124 valence electrons. The van der Waals surface area contributed by atoms with Gasteiger partial charge in [-0.05, 0) is 41.5 Å². The van der Waals surface area contributed by atoms with E-state index in [2.05, 4.69) is 0 Å². The molecule has 0 spiro atoms. The molecule has 0 unspecified atom stereocenters. The molecular formula is C12H36Na2O6Ti+2. The van der Waals surface area contributed by atoms with E-state index >= 15 is 0 Å². The van der Waals surface area contributed by atoms with Crippen molar-refractivity contribution in [2.75, 3.05) is 39.6 Å². The van der Waals surface area contributed by atoms with Crippen LogP contribution in [-0.4, -0.2) is 70.3 Å². The molecular weight excluding hydrogens is 334 g/mol. The van der Waals surface area contributed by atoms with E-state index in [-0.39, 0.29) is 120 Å².